The summed E-state index contributed by atoms with van der Waals surface area (Å²) in [6.07, 6.45) is 0.499. The zero-order valence-electron chi connectivity index (χ0n) is 18.9. The van der Waals surface area contributed by atoms with Gasteiger partial charge in [0.1, 0.15) is 0 Å². The van der Waals surface area contributed by atoms with E-state index < -0.39 is 0 Å². The van der Waals surface area contributed by atoms with Crippen LogP contribution in [0.2, 0.25) is 0 Å². The van der Waals surface area contributed by atoms with E-state index in [1.54, 1.807) is 0 Å². The number of benzene rings is 1. The van der Waals surface area contributed by atoms with Gasteiger partial charge < -0.3 is 20.9 Å². The van der Waals surface area contributed by atoms with Gasteiger partial charge in [-0.15, -0.1) is 0 Å². The van der Waals surface area contributed by atoms with Gasteiger partial charge >= 0.3 is 0 Å². The molecule has 0 aliphatic carbocycles. The van der Waals surface area contributed by atoms with Gasteiger partial charge in [-0.2, -0.15) is 0 Å². The number of fused-ring (bicyclic) bond motifs is 1. The summed E-state index contributed by atoms with van der Waals surface area (Å²) in [5.41, 5.74) is 2.12. The van der Waals surface area contributed by atoms with E-state index in [2.05, 4.69) is 59.6 Å². The molecule has 1 amide bonds. The number of likely N-dealkylation sites (N-methyl/N-ethyl adjacent to an activating group) is 1. The van der Waals surface area contributed by atoms with E-state index in [9.17, 15) is 4.79 Å². The molecule has 7 heteroatoms. The van der Waals surface area contributed by atoms with Crippen LogP contribution in [-0.4, -0.2) is 80.6 Å². The minimum Gasteiger partial charge on any atom is -0.357 e. The Hall–Kier alpha value is -2.12. The normalized spacial score (nSPS) is 21.8. The van der Waals surface area contributed by atoms with Crippen molar-refractivity contribution >= 4 is 17.6 Å². The molecule has 7 nitrogen and oxygen atoms in total. The quantitative estimate of drug-likeness (QED) is 0.470. The van der Waals surface area contributed by atoms with Gasteiger partial charge in [0, 0.05) is 63.3 Å². The fourth-order valence-corrected chi connectivity index (χ4v) is 4.33. The number of nitrogens with one attached hydrogen (secondary N) is 3. The fourth-order valence-electron chi connectivity index (χ4n) is 4.33. The Morgan fingerprint density at radius 3 is 2.63 bits per heavy atom. The molecule has 2 aliphatic rings. The number of carbonyl (C=O) groups excluding carboxylic acids is 1. The molecule has 0 aromatic heterocycles. The molecule has 30 heavy (non-hydrogen) atoms. The van der Waals surface area contributed by atoms with E-state index in [1.165, 1.54) is 5.56 Å². The topological polar surface area (TPSA) is 72.0 Å². The third-order valence-electron chi connectivity index (χ3n) is 6.18. The van der Waals surface area contributed by atoms with E-state index >= 15 is 0 Å². The van der Waals surface area contributed by atoms with Gasteiger partial charge in [-0.3, -0.25) is 14.7 Å². The largest absolute Gasteiger partial charge is 0.357 e. The van der Waals surface area contributed by atoms with Crippen LogP contribution >= 0.6 is 0 Å². The highest BCUT2D eigenvalue weighted by Crippen LogP contribution is 2.31. The number of nitrogens with zero attached hydrogens (tertiary/aromatic N) is 3. The summed E-state index contributed by atoms with van der Waals surface area (Å²) in [5, 5.41) is 9.83. The number of amides is 1. The van der Waals surface area contributed by atoms with E-state index in [-0.39, 0.29) is 11.8 Å². The zero-order chi connectivity index (χ0) is 21.5. The summed E-state index contributed by atoms with van der Waals surface area (Å²) in [4.78, 5) is 22.0. The molecule has 2 heterocycles. The molecule has 1 aromatic rings. The molecule has 2 atom stereocenters. The van der Waals surface area contributed by atoms with E-state index in [4.69, 9.17) is 4.99 Å². The summed E-state index contributed by atoms with van der Waals surface area (Å²) in [5.74, 6) is 1.62. The Morgan fingerprint density at radius 2 is 1.93 bits per heavy atom. The fraction of sp³-hybridized carbons (Fsp3) is 0.652. The molecule has 0 radical (unpaired) electrons. The van der Waals surface area contributed by atoms with Crippen LogP contribution in [0.1, 0.15) is 38.7 Å². The molecule has 1 fully saturated rings. The lowest BCUT2D eigenvalue weighted by molar-refractivity contribution is -0.116. The van der Waals surface area contributed by atoms with Crippen LogP contribution in [0.25, 0.3) is 0 Å². The van der Waals surface area contributed by atoms with Crippen LogP contribution in [0.5, 0.6) is 0 Å². The van der Waals surface area contributed by atoms with Gasteiger partial charge in [0.2, 0.25) is 5.91 Å². The third kappa shape index (κ3) is 5.95. The Labute approximate surface area is 181 Å². The molecular weight excluding hydrogens is 376 g/mol. The third-order valence-corrected chi connectivity index (χ3v) is 6.18. The molecule has 0 bridgehead atoms. The molecule has 2 aliphatic heterocycles. The monoisotopic (exact) mass is 414 g/mol. The van der Waals surface area contributed by atoms with Crippen LogP contribution in [0.3, 0.4) is 0 Å². The van der Waals surface area contributed by atoms with Gasteiger partial charge in [0.05, 0.1) is 6.54 Å². The van der Waals surface area contributed by atoms with Crippen molar-refractivity contribution in [3.8, 4) is 0 Å². The molecule has 3 rings (SSSR count). The van der Waals surface area contributed by atoms with Crippen molar-refractivity contribution in [3.63, 3.8) is 0 Å². The number of carbonyl (C=O) groups is 1. The molecule has 2 unspecified atom stereocenters. The highest BCUT2D eigenvalue weighted by Gasteiger charge is 2.26. The number of guanidine groups is 1. The minimum atomic E-state index is 0.0809. The predicted octanol–water partition coefficient (Wildman–Crippen LogP) is 1.94. The van der Waals surface area contributed by atoms with Crippen molar-refractivity contribution in [2.24, 2.45) is 10.9 Å². The number of para-hydroxylation sites is 1. The summed E-state index contributed by atoms with van der Waals surface area (Å²) >= 11 is 0. The van der Waals surface area contributed by atoms with E-state index in [0.717, 1.165) is 50.9 Å². The van der Waals surface area contributed by atoms with Crippen molar-refractivity contribution in [1.82, 2.24) is 20.4 Å². The lowest BCUT2D eigenvalue weighted by Gasteiger charge is -2.39. The maximum absolute atomic E-state index is 12.1. The average molecular weight is 415 g/mol. The molecular formula is C23H38N6O. The zero-order valence-corrected chi connectivity index (χ0v) is 18.9. The van der Waals surface area contributed by atoms with Gasteiger partial charge in [-0.1, -0.05) is 32.0 Å². The van der Waals surface area contributed by atoms with Crippen LogP contribution in [-0.2, 0) is 4.79 Å². The van der Waals surface area contributed by atoms with E-state index in [1.807, 2.05) is 18.2 Å². The first-order valence-electron chi connectivity index (χ1n) is 11.3. The second-order valence-electron chi connectivity index (χ2n) is 8.79. The van der Waals surface area contributed by atoms with Crippen molar-refractivity contribution in [2.75, 3.05) is 58.2 Å². The number of anilines is 1. The summed E-state index contributed by atoms with van der Waals surface area (Å²) in [6.45, 7) is 13.4. The highest BCUT2D eigenvalue weighted by molar-refractivity contribution is 5.94. The van der Waals surface area contributed by atoms with Crippen molar-refractivity contribution in [3.05, 3.63) is 29.8 Å². The number of aliphatic imine (C=N–C) groups is 1. The average Bonchev–Trinajstić information content (AvgIpc) is 2.72. The first-order chi connectivity index (χ1) is 14.5. The van der Waals surface area contributed by atoms with Crippen LogP contribution in [0, 0.1) is 5.92 Å². The smallest absolute Gasteiger partial charge is 0.225 e. The van der Waals surface area contributed by atoms with Gasteiger partial charge in [-0.25, -0.2) is 0 Å². The molecule has 0 spiro atoms. The van der Waals surface area contributed by atoms with Crippen molar-refractivity contribution < 1.29 is 4.79 Å². The first-order valence-corrected chi connectivity index (χ1v) is 11.3. The Balaban J connectivity index is 1.63. The Kier molecular flexibility index (Phi) is 8.10. The van der Waals surface area contributed by atoms with Gasteiger partial charge in [-0.05, 0) is 31.5 Å². The number of hydrogen-bond acceptors (Lipinski definition) is 4. The van der Waals surface area contributed by atoms with Gasteiger partial charge in [0.25, 0.3) is 0 Å². The van der Waals surface area contributed by atoms with E-state index in [0.29, 0.717) is 24.9 Å². The molecule has 166 valence electrons. The van der Waals surface area contributed by atoms with Crippen molar-refractivity contribution in [2.45, 2.75) is 39.2 Å². The van der Waals surface area contributed by atoms with Gasteiger partial charge in [0.15, 0.2) is 5.96 Å². The van der Waals surface area contributed by atoms with Crippen LogP contribution in [0.15, 0.2) is 29.3 Å². The summed E-state index contributed by atoms with van der Waals surface area (Å²) < 4.78 is 0. The SMILES string of the molecule is CCNC(=NCC(C(C)C)N1CCN(C)CC1)NCC1CC(=O)Nc2ccccc21. The second-order valence-corrected chi connectivity index (χ2v) is 8.79. The summed E-state index contributed by atoms with van der Waals surface area (Å²) in [6, 6.07) is 8.52. The molecule has 1 aromatic carbocycles. The lowest BCUT2D eigenvalue weighted by Crippen LogP contribution is -2.52. The number of rotatable bonds is 7. The maximum Gasteiger partial charge on any atom is 0.225 e. The minimum absolute atomic E-state index is 0.0809. The molecule has 0 saturated carbocycles. The molecule has 1 saturated heterocycles. The Bertz CT molecular complexity index is 726. The highest BCUT2D eigenvalue weighted by atomic mass is 16.1. The standard InChI is InChI=1S/C23H38N6O/c1-5-24-23(26-16-21(17(2)3)29-12-10-28(4)11-13-29)25-15-18-14-22(30)27-20-9-7-6-8-19(18)20/h6-9,17-18,21H,5,10-16H2,1-4H3,(H,27,30)(H2,24,25,26). The number of piperazine rings is 1. The molecule has 3 N–H and O–H groups in total. The van der Waals surface area contributed by atoms with Crippen LogP contribution in [0.4, 0.5) is 5.69 Å². The van der Waals surface area contributed by atoms with Crippen molar-refractivity contribution in [1.29, 1.82) is 0 Å². The first kappa shape index (κ1) is 22.6. The predicted molar refractivity (Wildman–Crippen MR) is 124 cm³/mol. The van der Waals surface area contributed by atoms with Crippen LogP contribution < -0.4 is 16.0 Å². The second kappa shape index (κ2) is 10.8. The summed E-state index contributed by atoms with van der Waals surface area (Å²) in [7, 11) is 2.19. The number of hydrogen-bond donors (Lipinski definition) is 3. The lowest BCUT2D eigenvalue weighted by atomic mass is 9.90. The maximum atomic E-state index is 12.1. The Morgan fingerprint density at radius 1 is 1.20 bits per heavy atom.